The lowest BCUT2D eigenvalue weighted by molar-refractivity contribution is -0.383. The van der Waals surface area contributed by atoms with Gasteiger partial charge in [0, 0.05) is 24.0 Å². The third-order valence-electron chi connectivity index (χ3n) is 3.39. The summed E-state index contributed by atoms with van der Waals surface area (Å²) in [6.07, 6.45) is 2.50. The van der Waals surface area contributed by atoms with Crippen LogP contribution in [0.2, 0.25) is 0 Å². The molecular weight excluding hydrogens is 328 g/mol. The second kappa shape index (κ2) is 6.95. The average molecular weight is 342 g/mol. The van der Waals surface area contributed by atoms with Crippen molar-refractivity contribution < 1.29 is 19.2 Å². The maximum Gasteiger partial charge on any atom is 0.435 e. The molecule has 0 aliphatic carbocycles. The van der Waals surface area contributed by atoms with Crippen molar-refractivity contribution in [2.45, 2.75) is 13.5 Å². The lowest BCUT2D eigenvalue weighted by Gasteiger charge is -2.03. The van der Waals surface area contributed by atoms with Crippen LogP contribution < -0.4 is 4.74 Å². The number of benzene rings is 1. The molecule has 9 nitrogen and oxygen atoms in total. The lowest BCUT2D eigenvalue weighted by Crippen LogP contribution is -2.15. The van der Waals surface area contributed by atoms with E-state index in [2.05, 4.69) is 10.1 Å². The Kier molecular flexibility index (Phi) is 4.55. The van der Waals surface area contributed by atoms with Crippen LogP contribution >= 0.6 is 0 Å². The highest BCUT2D eigenvalue weighted by molar-refractivity contribution is 5.97. The van der Waals surface area contributed by atoms with Crippen molar-refractivity contribution in [3.8, 4) is 5.88 Å². The number of non-ortho nitro benzene ring substituents is 1. The SMILES string of the molecule is CCOC(=O)n1nc(OCc2cccnc2)c2c([N+](=O)[O-])cccc21. The number of pyridine rings is 1. The van der Waals surface area contributed by atoms with Gasteiger partial charge in [-0.05, 0) is 19.1 Å². The van der Waals surface area contributed by atoms with E-state index in [0.29, 0.717) is 0 Å². The Morgan fingerprint density at radius 2 is 2.16 bits per heavy atom. The van der Waals surface area contributed by atoms with Gasteiger partial charge in [-0.3, -0.25) is 15.1 Å². The quantitative estimate of drug-likeness (QED) is 0.518. The third-order valence-corrected chi connectivity index (χ3v) is 3.39. The number of rotatable bonds is 5. The van der Waals surface area contributed by atoms with Gasteiger partial charge in [0.05, 0.1) is 17.0 Å². The van der Waals surface area contributed by atoms with Gasteiger partial charge >= 0.3 is 6.09 Å². The first-order chi connectivity index (χ1) is 12.1. The number of nitrogens with zero attached hydrogens (tertiary/aromatic N) is 4. The molecule has 0 atom stereocenters. The Hall–Kier alpha value is -3.49. The molecule has 0 saturated heterocycles. The molecule has 3 aromatic rings. The van der Waals surface area contributed by atoms with Gasteiger partial charge in [-0.2, -0.15) is 4.68 Å². The Labute approximate surface area is 141 Å². The third kappa shape index (κ3) is 3.25. The highest BCUT2D eigenvalue weighted by Crippen LogP contribution is 2.33. The summed E-state index contributed by atoms with van der Waals surface area (Å²) in [6, 6.07) is 7.89. The van der Waals surface area contributed by atoms with E-state index in [1.807, 2.05) is 0 Å². The van der Waals surface area contributed by atoms with E-state index in [1.54, 1.807) is 37.5 Å². The number of carbonyl (C=O) groups is 1. The first-order valence-corrected chi connectivity index (χ1v) is 7.46. The van der Waals surface area contributed by atoms with Crippen LogP contribution in [0, 0.1) is 10.1 Å². The molecule has 9 heteroatoms. The van der Waals surface area contributed by atoms with Crippen molar-refractivity contribution in [2.24, 2.45) is 0 Å². The highest BCUT2D eigenvalue weighted by atomic mass is 16.6. The Morgan fingerprint density at radius 1 is 1.32 bits per heavy atom. The van der Waals surface area contributed by atoms with Crippen LogP contribution in [-0.4, -0.2) is 32.4 Å². The van der Waals surface area contributed by atoms with Gasteiger partial charge in [0.1, 0.15) is 12.0 Å². The molecule has 0 saturated carbocycles. The maximum atomic E-state index is 12.1. The number of fused-ring (bicyclic) bond motifs is 1. The first-order valence-electron chi connectivity index (χ1n) is 7.46. The molecule has 0 spiro atoms. The van der Waals surface area contributed by atoms with E-state index >= 15 is 0 Å². The molecule has 128 valence electrons. The smallest absolute Gasteiger partial charge is 0.435 e. The monoisotopic (exact) mass is 342 g/mol. The average Bonchev–Trinajstić information content (AvgIpc) is 3.00. The van der Waals surface area contributed by atoms with E-state index in [9.17, 15) is 14.9 Å². The second-order valence-corrected chi connectivity index (χ2v) is 4.99. The van der Waals surface area contributed by atoms with E-state index in [4.69, 9.17) is 9.47 Å². The molecular formula is C16H14N4O5. The Morgan fingerprint density at radius 3 is 2.84 bits per heavy atom. The van der Waals surface area contributed by atoms with Crippen LogP contribution in [0.15, 0.2) is 42.7 Å². The van der Waals surface area contributed by atoms with Crippen molar-refractivity contribution in [1.82, 2.24) is 14.8 Å². The van der Waals surface area contributed by atoms with Gasteiger partial charge in [0.25, 0.3) is 5.69 Å². The van der Waals surface area contributed by atoms with E-state index in [-0.39, 0.29) is 35.7 Å². The van der Waals surface area contributed by atoms with Crippen molar-refractivity contribution in [1.29, 1.82) is 0 Å². The minimum Gasteiger partial charge on any atom is -0.471 e. The molecule has 3 rings (SSSR count). The van der Waals surface area contributed by atoms with Crippen molar-refractivity contribution in [2.75, 3.05) is 6.61 Å². The van der Waals surface area contributed by atoms with Gasteiger partial charge in [0.2, 0.25) is 5.88 Å². The fraction of sp³-hybridized carbons (Fsp3) is 0.188. The molecule has 25 heavy (non-hydrogen) atoms. The van der Waals surface area contributed by atoms with Crippen LogP contribution in [0.5, 0.6) is 5.88 Å². The molecule has 0 unspecified atom stereocenters. The Balaban J connectivity index is 2.06. The summed E-state index contributed by atoms with van der Waals surface area (Å²) in [5, 5.41) is 15.5. The van der Waals surface area contributed by atoms with Crippen LogP contribution in [0.25, 0.3) is 10.9 Å². The topological polar surface area (TPSA) is 109 Å². The number of carbonyl (C=O) groups excluding carboxylic acids is 1. The minimum atomic E-state index is -0.732. The molecule has 0 aliphatic heterocycles. The van der Waals surface area contributed by atoms with Gasteiger partial charge in [-0.25, -0.2) is 4.79 Å². The number of hydrogen-bond acceptors (Lipinski definition) is 7. The lowest BCUT2D eigenvalue weighted by atomic mass is 10.2. The number of aromatic nitrogens is 3. The van der Waals surface area contributed by atoms with Crippen LogP contribution in [0.1, 0.15) is 12.5 Å². The fourth-order valence-corrected chi connectivity index (χ4v) is 2.33. The van der Waals surface area contributed by atoms with E-state index < -0.39 is 11.0 Å². The molecule has 0 N–H and O–H groups in total. The molecule has 0 fully saturated rings. The van der Waals surface area contributed by atoms with Gasteiger partial charge in [-0.1, -0.05) is 12.1 Å². The summed E-state index contributed by atoms with van der Waals surface area (Å²) in [5.74, 6) is -0.0146. The fourth-order valence-electron chi connectivity index (χ4n) is 2.33. The summed E-state index contributed by atoms with van der Waals surface area (Å²) in [7, 11) is 0. The summed E-state index contributed by atoms with van der Waals surface area (Å²) in [6.45, 7) is 1.92. The standard InChI is InChI=1S/C16H14N4O5/c1-2-24-16(21)19-12-6-3-7-13(20(22)23)14(12)15(18-19)25-10-11-5-4-8-17-9-11/h3-9H,2,10H2,1H3. The zero-order chi connectivity index (χ0) is 17.8. The van der Waals surface area contributed by atoms with E-state index in [1.165, 1.54) is 12.1 Å². The molecule has 0 aliphatic rings. The normalized spacial score (nSPS) is 10.6. The number of nitro benzene ring substituents is 1. The molecule has 0 radical (unpaired) electrons. The number of nitro groups is 1. The predicted octanol–water partition coefficient (Wildman–Crippen LogP) is 2.92. The van der Waals surface area contributed by atoms with E-state index in [0.717, 1.165) is 10.2 Å². The predicted molar refractivity (Wildman–Crippen MR) is 87.4 cm³/mol. The molecule has 0 bridgehead atoms. The van der Waals surface area contributed by atoms with Crippen LogP contribution in [0.4, 0.5) is 10.5 Å². The number of ether oxygens (including phenoxy) is 2. The zero-order valence-electron chi connectivity index (χ0n) is 13.3. The summed E-state index contributed by atoms with van der Waals surface area (Å²) >= 11 is 0. The van der Waals surface area contributed by atoms with Gasteiger partial charge < -0.3 is 9.47 Å². The van der Waals surface area contributed by atoms with Crippen molar-refractivity contribution in [3.05, 3.63) is 58.4 Å². The van der Waals surface area contributed by atoms with Crippen LogP contribution in [-0.2, 0) is 11.3 Å². The molecule has 1 aromatic carbocycles. The van der Waals surface area contributed by atoms with Gasteiger partial charge in [0.15, 0.2) is 0 Å². The van der Waals surface area contributed by atoms with Crippen molar-refractivity contribution in [3.63, 3.8) is 0 Å². The Bertz CT molecular complexity index is 923. The molecule has 2 heterocycles. The van der Waals surface area contributed by atoms with Gasteiger partial charge in [-0.15, -0.1) is 5.10 Å². The number of hydrogen-bond donors (Lipinski definition) is 0. The maximum absolute atomic E-state index is 12.1. The first kappa shape index (κ1) is 16.4. The minimum absolute atomic E-state index is 0.0146. The van der Waals surface area contributed by atoms with Crippen LogP contribution in [0.3, 0.4) is 0 Å². The summed E-state index contributed by atoms with van der Waals surface area (Å²) in [5.41, 5.74) is 0.808. The second-order valence-electron chi connectivity index (χ2n) is 4.99. The summed E-state index contributed by atoms with van der Waals surface area (Å²) < 4.78 is 11.5. The zero-order valence-corrected chi connectivity index (χ0v) is 13.3. The highest BCUT2D eigenvalue weighted by Gasteiger charge is 2.25. The van der Waals surface area contributed by atoms with Crippen molar-refractivity contribution >= 4 is 22.7 Å². The molecule has 2 aromatic heterocycles. The molecule has 0 amide bonds. The summed E-state index contributed by atoms with van der Waals surface area (Å²) in [4.78, 5) is 26.8. The largest absolute Gasteiger partial charge is 0.471 e.